The molecule has 116 valence electrons. The number of aliphatic hydroxyl groups excluding tert-OH is 1. The van der Waals surface area contributed by atoms with Crippen molar-refractivity contribution in [2.75, 3.05) is 11.9 Å². The van der Waals surface area contributed by atoms with E-state index in [4.69, 9.17) is 0 Å². The fourth-order valence-corrected chi connectivity index (χ4v) is 2.66. The number of nitrogens with zero attached hydrogens (tertiary/aromatic N) is 1. The first-order valence-corrected chi connectivity index (χ1v) is 7.63. The highest BCUT2D eigenvalue weighted by Gasteiger charge is 2.19. The third-order valence-electron chi connectivity index (χ3n) is 4.07. The summed E-state index contributed by atoms with van der Waals surface area (Å²) in [5.74, 6) is 0.411. The fraction of sp³-hybridized carbons (Fsp3) is 0.625. The normalized spacial score (nSPS) is 22.3. The molecular formula is C16H24N2O3. The van der Waals surface area contributed by atoms with Crippen molar-refractivity contribution in [3.05, 3.63) is 23.4 Å². The van der Waals surface area contributed by atoms with Gasteiger partial charge >= 0.3 is 5.97 Å². The number of pyridine rings is 1. The summed E-state index contributed by atoms with van der Waals surface area (Å²) in [6.45, 7) is 4.78. The number of carbonyl (C=O) groups is 1. The Kier molecular flexibility index (Phi) is 5.17. The van der Waals surface area contributed by atoms with Gasteiger partial charge in [-0.3, -0.25) is 0 Å². The molecule has 1 aliphatic rings. The molecule has 5 nitrogen and oxygen atoms in total. The second-order valence-corrected chi connectivity index (χ2v) is 6.18. The molecule has 0 saturated heterocycles. The number of aliphatic hydroxyl groups is 1. The van der Waals surface area contributed by atoms with Crippen molar-refractivity contribution in [2.45, 2.75) is 51.6 Å². The van der Waals surface area contributed by atoms with Crippen molar-refractivity contribution < 1.29 is 15.0 Å². The second kappa shape index (κ2) is 6.89. The summed E-state index contributed by atoms with van der Waals surface area (Å²) in [5, 5.41) is 22.0. The molecular weight excluding hydrogens is 268 g/mol. The van der Waals surface area contributed by atoms with Gasteiger partial charge in [-0.2, -0.15) is 0 Å². The van der Waals surface area contributed by atoms with Crippen LogP contribution in [0.5, 0.6) is 0 Å². The number of carboxylic acids is 1. The molecule has 0 aromatic carbocycles. The zero-order valence-electron chi connectivity index (χ0n) is 12.7. The fourth-order valence-electron chi connectivity index (χ4n) is 2.66. The molecule has 2 rings (SSSR count). The van der Waals surface area contributed by atoms with Gasteiger partial charge in [0.15, 0.2) is 0 Å². The van der Waals surface area contributed by atoms with Gasteiger partial charge in [-0.25, -0.2) is 9.78 Å². The number of hydrogen-bond donors (Lipinski definition) is 3. The highest BCUT2D eigenvalue weighted by Crippen LogP contribution is 2.25. The summed E-state index contributed by atoms with van der Waals surface area (Å²) in [7, 11) is 0. The third kappa shape index (κ3) is 4.43. The van der Waals surface area contributed by atoms with Crippen LogP contribution in [0.1, 0.15) is 61.5 Å². The minimum atomic E-state index is -0.928. The predicted molar refractivity (Wildman–Crippen MR) is 81.7 cm³/mol. The van der Waals surface area contributed by atoms with Gasteiger partial charge in [0, 0.05) is 12.2 Å². The maximum Gasteiger partial charge on any atom is 0.335 e. The van der Waals surface area contributed by atoms with E-state index in [2.05, 4.69) is 10.3 Å². The van der Waals surface area contributed by atoms with Gasteiger partial charge in [-0.15, -0.1) is 0 Å². The van der Waals surface area contributed by atoms with Crippen molar-refractivity contribution in [2.24, 2.45) is 5.92 Å². The predicted octanol–water partition coefficient (Wildman–Crippen LogP) is 2.87. The van der Waals surface area contributed by atoms with E-state index in [1.807, 2.05) is 13.8 Å². The van der Waals surface area contributed by atoms with Gasteiger partial charge < -0.3 is 15.5 Å². The molecule has 1 saturated carbocycles. The van der Waals surface area contributed by atoms with Crippen LogP contribution >= 0.6 is 0 Å². The van der Waals surface area contributed by atoms with E-state index in [-0.39, 0.29) is 17.6 Å². The summed E-state index contributed by atoms with van der Waals surface area (Å²) >= 11 is 0. The Labute approximate surface area is 125 Å². The van der Waals surface area contributed by atoms with Crippen molar-refractivity contribution in [1.29, 1.82) is 0 Å². The van der Waals surface area contributed by atoms with Gasteiger partial charge in [-0.1, -0.05) is 13.8 Å². The molecule has 0 aliphatic heterocycles. The van der Waals surface area contributed by atoms with Gasteiger partial charge in [-0.05, 0) is 49.7 Å². The summed E-state index contributed by atoms with van der Waals surface area (Å²) < 4.78 is 0. The molecule has 0 bridgehead atoms. The van der Waals surface area contributed by atoms with Crippen LogP contribution in [0.4, 0.5) is 5.82 Å². The lowest BCUT2D eigenvalue weighted by molar-refractivity contribution is 0.0696. The zero-order valence-corrected chi connectivity index (χ0v) is 12.7. The van der Waals surface area contributed by atoms with Gasteiger partial charge in [0.25, 0.3) is 0 Å². The van der Waals surface area contributed by atoms with Gasteiger partial charge in [0.2, 0.25) is 0 Å². The molecule has 1 aromatic heterocycles. The average molecular weight is 292 g/mol. The molecule has 1 aromatic rings. The first-order chi connectivity index (χ1) is 9.95. The van der Waals surface area contributed by atoms with Crippen LogP contribution in [0, 0.1) is 5.92 Å². The maximum atomic E-state index is 11.2. The second-order valence-electron chi connectivity index (χ2n) is 6.18. The van der Waals surface area contributed by atoms with Crippen LogP contribution in [-0.2, 0) is 0 Å². The summed E-state index contributed by atoms with van der Waals surface area (Å²) in [4.78, 5) is 15.7. The number of hydrogen-bond acceptors (Lipinski definition) is 4. The van der Waals surface area contributed by atoms with Gasteiger partial charge in [0.1, 0.15) is 5.82 Å². The van der Waals surface area contributed by atoms with Crippen molar-refractivity contribution in [3.63, 3.8) is 0 Å². The topological polar surface area (TPSA) is 82.5 Å². The molecule has 0 spiro atoms. The molecule has 3 N–H and O–H groups in total. The van der Waals surface area contributed by atoms with Crippen LogP contribution in [0.25, 0.3) is 0 Å². The van der Waals surface area contributed by atoms with E-state index in [0.717, 1.165) is 37.9 Å². The number of carboxylic acid groups (broad SMARTS) is 1. The number of nitrogens with one attached hydrogen (secondary N) is 1. The molecule has 1 fully saturated rings. The molecule has 1 heterocycles. The van der Waals surface area contributed by atoms with Crippen LogP contribution in [0.2, 0.25) is 0 Å². The summed E-state index contributed by atoms with van der Waals surface area (Å²) in [6.07, 6.45) is 3.56. The van der Waals surface area contributed by atoms with Crippen LogP contribution in [0.15, 0.2) is 12.1 Å². The highest BCUT2D eigenvalue weighted by atomic mass is 16.4. The van der Waals surface area contributed by atoms with Gasteiger partial charge in [0.05, 0.1) is 11.7 Å². The highest BCUT2D eigenvalue weighted by molar-refractivity contribution is 5.88. The molecule has 0 unspecified atom stereocenters. The minimum Gasteiger partial charge on any atom is -0.478 e. The van der Waals surface area contributed by atoms with Crippen molar-refractivity contribution in [1.82, 2.24) is 4.98 Å². The first-order valence-electron chi connectivity index (χ1n) is 7.63. The van der Waals surface area contributed by atoms with E-state index in [9.17, 15) is 15.0 Å². The smallest absolute Gasteiger partial charge is 0.335 e. The number of rotatable bonds is 5. The monoisotopic (exact) mass is 292 g/mol. The van der Waals surface area contributed by atoms with E-state index < -0.39 is 5.97 Å². The molecule has 1 aliphatic carbocycles. The standard InChI is InChI=1S/C16H24N2O3/c1-10(2)14-7-12(16(20)21)8-15(18-14)17-9-11-3-5-13(19)6-4-11/h7-8,10-11,13,19H,3-6,9H2,1-2H3,(H,17,18)(H,20,21). The Morgan fingerprint density at radius 3 is 2.57 bits per heavy atom. The lowest BCUT2D eigenvalue weighted by atomic mass is 9.87. The van der Waals surface area contributed by atoms with Crippen molar-refractivity contribution >= 4 is 11.8 Å². The Hall–Kier alpha value is -1.62. The largest absolute Gasteiger partial charge is 0.478 e. The Morgan fingerprint density at radius 1 is 1.33 bits per heavy atom. The SMILES string of the molecule is CC(C)c1cc(C(=O)O)cc(NCC2CCC(O)CC2)n1. The summed E-state index contributed by atoms with van der Waals surface area (Å²) in [6, 6.07) is 3.22. The first kappa shape index (κ1) is 15.8. The molecule has 0 amide bonds. The zero-order chi connectivity index (χ0) is 15.4. The lowest BCUT2D eigenvalue weighted by Gasteiger charge is -2.25. The third-order valence-corrected chi connectivity index (χ3v) is 4.07. The summed E-state index contributed by atoms with van der Waals surface area (Å²) in [5.41, 5.74) is 1.06. The lowest BCUT2D eigenvalue weighted by Crippen LogP contribution is -2.24. The molecule has 0 atom stereocenters. The average Bonchev–Trinajstić information content (AvgIpc) is 2.46. The van der Waals surface area contributed by atoms with E-state index >= 15 is 0 Å². The number of aromatic nitrogens is 1. The van der Waals surface area contributed by atoms with E-state index in [0.29, 0.717) is 11.7 Å². The van der Waals surface area contributed by atoms with Crippen LogP contribution in [-0.4, -0.2) is 33.8 Å². The molecule has 21 heavy (non-hydrogen) atoms. The van der Waals surface area contributed by atoms with Crippen molar-refractivity contribution in [3.8, 4) is 0 Å². The number of anilines is 1. The van der Waals surface area contributed by atoms with E-state index in [1.54, 1.807) is 12.1 Å². The Bertz CT molecular complexity index is 494. The quantitative estimate of drug-likeness (QED) is 0.777. The Balaban J connectivity index is 2.03. The van der Waals surface area contributed by atoms with E-state index in [1.165, 1.54) is 0 Å². The van der Waals surface area contributed by atoms with Crippen LogP contribution < -0.4 is 5.32 Å². The molecule has 5 heteroatoms. The molecule has 0 radical (unpaired) electrons. The Morgan fingerprint density at radius 2 is 2.00 bits per heavy atom. The van der Waals surface area contributed by atoms with Crippen LogP contribution in [0.3, 0.4) is 0 Å². The minimum absolute atomic E-state index is 0.151. The maximum absolute atomic E-state index is 11.2. The number of aromatic carboxylic acids is 1.